The first-order chi connectivity index (χ1) is 26.2. The monoisotopic (exact) mass is 681 g/mol. The predicted octanol–water partition coefficient (Wildman–Crippen LogP) is 12.1. The molecule has 11 rings (SSSR count). The minimum Gasteiger partial charge on any atom is -0.454 e. The van der Waals surface area contributed by atoms with E-state index in [-0.39, 0.29) is 0 Å². The minimum absolute atomic E-state index is 0.662. The molecule has 0 fully saturated rings. The van der Waals surface area contributed by atoms with Gasteiger partial charge in [-0.25, -0.2) is 0 Å². The molecule has 0 amide bonds. The van der Waals surface area contributed by atoms with Gasteiger partial charge in [0.2, 0.25) is 0 Å². The van der Waals surface area contributed by atoms with Crippen molar-refractivity contribution in [1.29, 1.82) is 0 Å². The van der Waals surface area contributed by atoms with Crippen LogP contribution in [0.1, 0.15) is 22.3 Å². The number of hydrogen-bond acceptors (Lipinski definition) is 5. The van der Waals surface area contributed by atoms with Crippen molar-refractivity contribution >= 4 is 55.3 Å². The lowest BCUT2D eigenvalue weighted by molar-refractivity contribution is 0.666. The summed E-state index contributed by atoms with van der Waals surface area (Å²) in [6, 6.07) is 56.1. The van der Waals surface area contributed by atoms with Crippen LogP contribution in [0, 0.1) is 0 Å². The zero-order valence-electron chi connectivity index (χ0n) is 28.8. The third-order valence-corrected chi connectivity index (χ3v) is 11.1. The molecule has 0 unspecified atom stereocenters. The fourth-order valence-electron chi connectivity index (χ4n) is 8.63. The summed E-state index contributed by atoms with van der Waals surface area (Å²) in [4.78, 5) is 12.2. The molecule has 5 heterocycles. The summed E-state index contributed by atoms with van der Waals surface area (Å²) in [7, 11) is 2.16. The van der Waals surface area contributed by atoms with Gasteiger partial charge in [0, 0.05) is 51.1 Å². The smallest absolute Gasteiger partial charge is 0.153 e. The first-order valence-electron chi connectivity index (χ1n) is 17.9. The van der Waals surface area contributed by atoms with Gasteiger partial charge in [-0.1, -0.05) is 109 Å². The Balaban J connectivity index is 1.16. The zero-order valence-corrected chi connectivity index (χ0v) is 28.8. The Morgan fingerprint density at radius 2 is 0.887 bits per heavy atom. The first kappa shape index (κ1) is 29.7. The number of rotatable bonds is 4. The van der Waals surface area contributed by atoms with E-state index in [2.05, 4.69) is 145 Å². The fourth-order valence-corrected chi connectivity index (χ4v) is 8.63. The van der Waals surface area contributed by atoms with Crippen molar-refractivity contribution in [3.63, 3.8) is 0 Å². The lowest BCUT2D eigenvalue weighted by atomic mass is 9.62. The van der Waals surface area contributed by atoms with E-state index in [9.17, 15) is 0 Å². The lowest BCUT2D eigenvalue weighted by Crippen LogP contribution is -2.38. The second kappa shape index (κ2) is 11.3. The number of hydrogen-bond donors (Lipinski definition) is 0. The number of para-hydroxylation sites is 4. The van der Waals surface area contributed by atoms with Crippen LogP contribution in [-0.2, 0) is 5.41 Å². The molecular formula is C48H31N3O2. The van der Waals surface area contributed by atoms with Gasteiger partial charge in [-0.15, -0.1) is 0 Å². The average molecular weight is 682 g/mol. The van der Waals surface area contributed by atoms with E-state index in [1.165, 1.54) is 11.1 Å². The Bertz CT molecular complexity index is 2860. The molecule has 6 aromatic carbocycles. The van der Waals surface area contributed by atoms with Gasteiger partial charge in [0.1, 0.15) is 11.2 Å². The van der Waals surface area contributed by atoms with Crippen LogP contribution in [0.25, 0.3) is 66.4 Å². The summed E-state index contributed by atoms with van der Waals surface area (Å²) in [5.41, 5.74) is 13.6. The Kier molecular flexibility index (Phi) is 6.31. The molecule has 53 heavy (non-hydrogen) atoms. The Hall–Kier alpha value is -6.98. The van der Waals surface area contributed by atoms with Crippen LogP contribution in [0.15, 0.2) is 179 Å². The lowest BCUT2D eigenvalue weighted by Gasteiger charge is -2.45. The molecule has 0 aliphatic carbocycles. The van der Waals surface area contributed by atoms with E-state index in [4.69, 9.17) is 18.8 Å². The first-order valence-corrected chi connectivity index (χ1v) is 17.9. The molecular weight excluding hydrogens is 651 g/mol. The average Bonchev–Trinajstić information content (AvgIpc) is 3.79. The molecule has 4 aromatic heterocycles. The van der Waals surface area contributed by atoms with Crippen LogP contribution < -0.4 is 4.90 Å². The second-order valence-electron chi connectivity index (χ2n) is 13.8. The van der Waals surface area contributed by atoms with E-state index in [1.807, 2.05) is 36.7 Å². The highest BCUT2D eigenvalue weighted by Gasteiger charge is 2.45. The van der Waals surface area contributed by atoms with Crippen molar-refractivity contribution in [2.45, 2.75) is 5.41 Å². The number of benzene rings is 6. The molecule has 5 nitrogen and oxygen atoms in total. The Morgan fingerprint density at radius 1 is 0.434 bits per heavy atom. The van der Waals surface area contributed by atoms with Gasteiger partial charge in [-0.3, -0.25) is 9.97 Å². The second-order valence-corrected chi connectivity index (χ2v) is 13.8. The molecule has 0 bridgehead atoms. The quantitative estimate of drug-likeness (QED) is 0.185. The molecule has 5 heteroatoms. The minimum atomic E-state index is -0.662. The standard InChI is InChI=1S/C48H31N3O2/c1-51-42-20-6-4-18-38(42)48(39-19-5-7-21-43(39)51,32-14-10-12-30(24-32)40-26-36-34-16-2-8-22-44(34)52-46(36)28-49-40)33-15-11-13-31(25-33)41-27-37-35-17-3-9-23-45(35)53-47(37)29-50-41/h2-29H,1H3. The van der Waals surface area contributed by atoms with Crippen molar-refractivity contribution < 1.29 is 8.83 Å². The van der Waals surface area contributed by atoms with Gasteiger partial charge in [0.05, 0.1) is 29.2 Å². The number of aromatic nitrogens is 2. The third kappa shape index (κ3) is 4.31. The van der Waals surface area contributed by atoms with Gasteiger partial charge in [0.25, 0.3) is 0 Å². The van der Waals surface area contributed by atoms with Crippen molar-refractivity contribution in [2.24, 2.45) is 0 Å². The van der Waals surface area contributed by atoms with Crippen LogP contribution in [0.5, 0.6) is 0 Å². The van der Waals surface area contributed by atoms with E-state index in [1.54, 1.807) is 0 Å². The van der Waals surface area contributed by atoms with Crippen molar-refractivity contribution in [3.05, 3.63) is 192 Å². The van der Waals surface area contributed by atoms with Crippen LogP contribution >= 0.6 is 0 Å². The predicted molar refractivity (Wildman–Crippen MR) is 214 cm³/mol. The highest BCUT2D eigenvalue weighted by Crippen LogP contribution is 2.56. The number of fused-ring (bicyclic) bond motifs is 8. The molecule has 1 aliphatic heterocycles. The van der Waals surface area contributed by atoms with E-state index in [0.29, 0.717) is 0 Å². The summed E-state index contributed by atoms with van der Waals surface area (Å²) in [6.07, 6.45) is 3.70. The summed E-state index contributed by atoms with van der Waals surface area (Å²) < 4.78 is 12.3. The number of nitrogens with zero attached hydrogens (tertiary/aromatic N) is 3. The SMILES string of the molecule is CN1c2ccccc2C(c2cccc(-c3cc4c(cn3)oc3ccccc34)c2)(c2cccc(-c3cc4c(cn3)oc3ccccc34)c2)c2ccccc21. The third-order valence-electron chi connectivity index (χ3n) is 11.1. The highest BCUT2D eigenvalue weighted by atomic mass is 16.3. The molecule has 0 atom stereocenters. The summed E-state index contributed by atoms with van der Waals surface area (Å²) in [6.45, 7) is 0. The highest BCUT2D eigenvalue weighted by molar-refractivity contribution is 6.06. The van der Waals surface area contributed by atoms with Gasteiger partial charge in [-0.05, 0) is 70.8 Å². The molecule has 1 aliphatic rings. The number of furan rings is 2. The van der Waals surface area contributed by atoms with Gasteiger partial charge in [-0.2, -0.15) is 0 Å². The Labute approximate surface area is 305 Å². The van der Waals surface area contributed by atoms with Crippen LogP contribution in [0.3, 0.4) is 0 Å². The summed E-state index contributed by atoms with van der Waals surface area (Å²) >= 11 is 0. The summed E-state index contributed by atoms with van der Waals surface area (Å²) in [5.74, 6) is 0. The zero-order chi connectivity index (χ0) is 35.1. The fraction of sp³-hybridized carbons (Fsp3) is 0.0417. The van der Waals surface area contributed by atoms with Gasteiger partial charge < -0.3 is 13.7 Å². The molecule has 0 spiro atoms. The molecule has 250 valence electrons. The maximum Gasteiger partial charge on any atom is 0.153 e. The van der Waals surface area contributed by atoms with Crippen molar-refractivity contribution in [2.75, 3.05) is 11.9 Å². The number of anilines is 2. The topological polar surface area (TPSA) is 55.3 Å². The van der Waals surface area contributed by atoms with E-state index in [0.717, 1.165) is 88.9 Å². The van der Waals surface area contributed by atoms with E-state index < -0.39 is 5.41 Å². The van der Waals surface area contributed by atoms with Gasteiger partial charge in [0.15, 0.2) is 11.2 Å². The maximum atomic E-state index is 6.13. The molecule has 10 aromatic rings. The van der Waals surface area contributed by atoms with Crippen LogP contribution in [0.2, 0.25) is 0 Å². The Morgan fingerprint density at radius 3 is 1.40 bits per heavy atom. The molecule has 0 radical (unpaired) electrons. The van der Waals surface area contributed by atoms with E-state index >= 15 is 0 Å². The molecule has 0 saturated carbocycles. The van der Waals surface area contributed by atoms with Crippen LogP contribution in [0.4, 0.5) is 11.4 Å². The molecule has 0 saturated heterocycles. The van der Waals surface area contributed by atoms with Crippen molar-refractivity contribution in [3.8, 4) is 22.5 Å². The van der Waals surface area contributed by atoms with Crippen LogP contribution in [-0.4, -0.2) is 17.0 Å². The summed E-state index contributed by atoms with van der Waals surface area (Å²) in [5, 5.41) is 4.29. The number of pyridine rings is 2. The normalized spacial score (nSPS) is 13.5. The maximum absolute atomic E-state index is 6.13. The molecule has 0 N–H and O–H groups in total. The largest absolute Gasteiger partial charge is 0.454 e. The van der Waals surface area contributed by atoms with Crippen molar-refractivity contribution in [1.82, 2.24) is 9.97 Å². The van der Waals surface area contributed by atoms with Gasteiger partial charge >= 0.3 is 0 Å².